The fourth-order valence-corrected chi connectivity index (χ4v) is 2.59. The molecular formula is C15H12N2O. The first-order chi connectivity index (χ1) is 8.81. The van der Waals surface area contributed by atoms with E-state index in [4.69, 9.17) is 10.2 Å². The predicted molar refractivity (Wildman–Crippen MR) is 70.4 cm³/mol. The van der Waals surface area contributed by atoms with Crippen molar-refractivity contribution in [3.05, 3.63) is 59.5 Å². The van der Waals surface area contributed by atoms with E-state index in [-0.39, 0.29) is 0 Å². The fourth-order valence-electron chi connectivity index (χ4n) is 2.59. The Hall–Kier alpha value is -2.29. The number of anilines is 1. The maximum Gasteiger partial charge on any atom is 0.203 e. The summed E-state index contributed by atoms with van der Waals surface area (Å²) in [5.74, 6) is 1.10. The van der Waals surface area contributed by atoms with Gasteiger partial charge in [0.1, 0.15) is 5.52 Å². The maximum atomic E-state index is 5.82. The molecule has 3 aromatic rings. The first kappa shape index (κ1) is 9.71. The molecule has 0 spiro atoms. The molecule has 1 atom stereocenters. The van der Waals surface area contributed by atoms with Crippen LogP contribution in [0.15, 0.2) is 46.9 Å². The molecule has 3 heteroatoms. The van der Waals surface area contributed by atoms with Gasteiger partial charge >= 0.3 is 0 Å². The second kappa shape index (κ2) is 3.35. The van der Waals surface area contributed by atoms with E-state index < -0.39 is 0 Å². The average Bonchev–Trinajstić information content (AvgIpc) is 2.73. The van der Waals surface area contributed by atoms with Crippen LogP contribution in [-0.2, 0) is 6.42 Å². The van der Waals surface area contributed by atoms with Crippen LogP contribution in [0.25, 0.3) is 11.1 Å². The molecule has 1 aliphatic rings. The second-order valence-corrected chi connectivity index (χ2v) is 4.73. The first-order valence-electron chi connectivity index (χ1n) is 6.05. The van der Waals surface area contributed by atoms with Gasteiger partial charge in [-0.05, 0) is 35.7 Å². The minimum Gasteiger partial charge on any atom is -0.440 e. The summed E-state index contributed by atoms with van der Waals surface area (Å²) in [5.41, 5.74) is 10.8. The second-order valence-electron chi connectivity index (χ2n) is 4.73. The summed E-state index contributed by atoms with van der Waals surface area (Å²) in [4.78, 5) is 4.55. The van der Waals surface area contributed by atoms with E-state index in [2.05, 4.69) is 29.2 Å². The monoisotopic (exact) mass is 236 g/mol. The Morgan fingerprint density at radius 2 is 2.06 bits per heavy atom. The van der Waals surface area contributed by atoms with Gasteiger partial charge < -0.3 is 10.2 Å². The zero-order chi connectivity index (χ0) is 12.1. The molecule has 0 saturated heterocycles. The standard InChI is InChI=1S/C15H12N2O/c16-10-5-6-14-13(8-10)17-15(18-14)12-7-9-3-1-2-4-11(9)12/h1-6,8,12H,7,16H2. The minimum absolute atomic E-state index is 0.301. The van der Waals surface area contributed by atoms with E-state index in [0.29, 0.717) is 5.92 Å². The highest BCUT2D eigenvalue weighted by Crippen LogP contribution is 2.40. The van der Waals surface area contributed by atoms with Gasteiger partial charge in [-0.15, -0.1) is 0 Å². The molecule has 0 bridgehead atoms. The maximum absolute atomic E-state index is 5.82. The smallest absolute Gasteiger partial charge is 0.203 e. The third-order valence-corrected chi connectivity index (χ3v) is 3.58. The lowest BCUT2D eigenvalue weighted by Crippen LogP contribution is -2.18. The lowest BCUT2D eigenvalue weighted by molar-refractivity contribution is 0.476. The summed E-state index contributed by atoms with van der Waals surface area (Å²) in [6, 6.07) is 14.0. The zero-order valence-corrected chi connectivity index (χ0v) is 9.76. The van der Waals surface area contributed by atoms with Crippen LogP contribution >= 0.6 is 0 Å². The molecule has 18 heavy (non-hydrogen) atoms. The van der Waals surface area contributed by atoms with Gasteiger partial charge in [0.25, 0.3) is 0 Å². The van der Waals surface area contributed by atoms with Crippen molar-refractivity contribution in [2.45, 2.75) is 12.3 Å². The Balaban J connectivity index is 1.81. The van der Waals surface area contributed by atoms with Crippen molar-refractivity contribution < 1.29 is 4.42 Å². The van der Waals surface area contributed by atoms with Crippen LogP contribution in [0.2, 0.25) is 0 Å². The first-order valence-corrected chi connectivity index (χ1v) is 6.05. The van der Waals surface area contributed by atoms with E-state index in [0.717, 1.165) is 29.1 Å². The molecule has 3 nitrogen and oxygen atoms in total. The number of oxazole rings is 1. The molecular weight excluding hydrogens is 224 g/mol. The molecule has 0 fully saturated rings. The van der Waals surface area contributed by atoms with Crippen LogP contribution < -0.4 is 5.73 Å². The lowest BCUT2D eigenvalue weighted by atomic mass is 9.77. The zero-order valence-electron chi connectivity index (χ0n) is 9.76. The Morgan fingerprint density at radius 3 is 2.94 bits per heavy atom. The number of hydrogen-bond donors (Lipinski definition) is 1. The van der Waals surface area contributed by atoms with Gasteiger partial charge in [-0.1, -0.05) is 24.3 Å². The van der Waals surface area contributed by atoms with Crippen molar-refractivity contribution in [2.24, 2.45) is 0 Å². The Labute approximate surface area is 104 Å². The summed E-state index contributed by atoms with van der Waals surface area (Å²) < 4.78 is 5.82. The van der Waals surface area contributed by atoms with Crippen LogP contribution in [0.5, 0.6) is 0 Å². The van der Waals surface area contributed by atoms with Crippen molar-refractivity contribution >= 4 is 16.8 Å². The van der Waals surface area contributed by atoms with Gasteiger partial charge in [0.2, 0.25) is 5.89 Å². The van der Waals surface area contributed by atoms with Gasteiger partial charge in [0, 0.05) is 5.69 Å². The molecule has 1 unspecified atom stereocenters. The van der Waals surface area contributed by atoms with Crippen LogP contribution in [-0.4, -0.2) is 4.98 Å². The number of aromatic nitrogens is 1. The molecule has 1 aromatic heterocycles. The fraction of sp³-hybridized carbons (Fsp3) is 0.133. The number of nitrogens with two attached hydrogens (primary N) is 1. The summed E-state index contributed by atoms with van der Waals surface area (Å²) in [7, 11) is 0. The Morgan fingerprint density at radius 1 is 1.17 bits per heavy atom. The molecule has 0 radical (unpaired) electrons. The highest BCUT2D eigenvalue weighted by molar-refractivity contribution is 5.76. The van der Waals surface area contributed by atoms with E-state index in [1.807, 2.05) is 18.2 Å². The van der Waals surface area contributed by atoms with E-state index in [9.17, 15) is 0 Å². The third-order valence-electron chi connectivity index (χ3n) is 3.58. The topological polar surface area (TPSA) is 52.0 Å². The van der Waals surface area contributed by atoms with Crippen molar-refractivity contribution in [2.75, 3.05) is 5.73 Å². The van der Waals surface area contributed by atoms with Crippen LogP contribution in [0, 0.1) is 0 Å². The molecule has 4 rings (SSSR count). The molecule has 1 aliphatic carbocycles. The largest absolute Gasteiger partial charge is 0.440 e. The minimum atomic E-state index is 0.301. The predicted octanol–water partition coefficient (Wildman–Crippen LogP) is 3.10. The van der Waals surface area contributed by atoms with Gasteiger partial charge in [-0.3, -0.25) is 0 Å². The van der Waals surface area contributed by atoms with Crippen molar-refractivity contribution in [3.63, 3.8) is 0 Å². The SMILES string of the molecule is Nc1ccc2oc(C3Cc4ccccc43)nc2c1. The molecule has 2 aromatic carbocycles. The quantitative estimate of drug-likeness (QED) is 0.660. The van der Waals surface area contributed by atoms with Crippen molar-refractivity contribution in [3.8, 4) is 0 Å². The number of nitrogens with zero attached hydrogens (tertiary/aromatic N) is 1. The highest BCUT2D eigenvalue weighted by Gasteiger charge is 2.30. The van der Waals surface area contributed by atoms with Gasteiger partial charge in [0.15, 0.2) is 5.58 Å². The van der Waals surface area contributed by atoms with Gasteiger partial charge in [-0.25, -0.2) is 4.98 Å². The molecule has 88 valence electrons. The van der Waals surface area contributed by atoms with Crippen LogP contribution in [0.4, 0.5) is 5.69 Å². The number of rotatable bonds is 1. The third kappa shape index (κ3) is 1.27. The number of benzene rings is 2. The van der Waals surface area contributed by atoms with Crippen molar-refractivity contribution in [1.29, 1.82) is 0 Å². The lowest BCUT2D eigenvalue weighted by Gasteiger charge is -2.27. The van der Waals surface area contributed by atoms with Crippen LogP contribution in [0.1, 0.15) is 22.9 Å². The molecule has 0 saturated carbocycles. The number of fused-ring (bicyclic) bond motifs is 2. The Kier molecular flexibility index (Phi) is 1.81. The van der Waals surface area contributed by atoms with E-state index in [1.165, 1.54) is 11.1 Å². The highest BCUT2D eigenvalue weighted by atomic mass is 16.3. The van der Waals surface area contributed by atoms with Crippen LogP contribution in [0.3, 0.4) is 0 Å². The van der Waals surface area contributed by atoms with Crippen molar-refractivity contribution in [1.82, 2.24) is 4.98 Å². The average molecular weight is 236 g/mol. The summed E-state index contributed by atoms with van der Waals surface area (Å²) >= 11 is 0. The van der Waals surface area contributed by atoms with Gasteiger partial charge in [0.05, 0.1) is 5.92 Å². The summed E-state index contributed by atoms with van der Waals surface area (Å²) in [6.07, 6.45) is 1.01. The Bertz CT molecular complexity index is 745. The number of nitrogen functional groups attached to an aromatic ring is 1. The molecule has 1 heterocycles. The molecule has 0 aliphatic heterocycles. The number of hydrogen-bond acceptors (Lipinski definition) is 3. The molecule has 2 N–H and O–H groups in total. The van der Waals surface area contributed by atoms with E-state index in [1.54, 1.807) is 0 Å². The normalized spacial score (nSPS) is 17.4. The summed E-state index contributed by atoms with van der Waals surface area (Å²) in [5, 5.41) is 0. The van der Waals surface area contributed by atoms with E-state index >= 15 is 0 Å². The van der Waals surface area contributed by atoms with Gasteiger partial charge in [-0.2, -0.15) is 0 Å². The molecule has 0 amide bonds. The summed E-state index contributed by atoms with van der Waals surface area (Å²) in [6.45, 7) is 0.